The summed E-state index contributed by atoms with van der Waals surface area (Å²) in [6, 6.07) is 8.61. The maximum absolute atomic E-state index is 5.43. The van der Waals surface area contributed by atoms with E-state index in [1.165, 1.54) is 18.4 Å². The predicted octanol–water partition coefficient (Wildman–Crippen LogP) is 3.36. The molecule has 9 heteroatoms. The second-order valence-electron chi connectivity index (χ2n) is 7.87. The van der Waals surface area contributed by atoms with Gasteiger partial charge in [0.15, 0.2) is 11.8 Å². The number of nitrogens with one attached hydrogen (secondary N) is 2. The van der Waals surface area contributed by atoms with Crippen molar-refractivity contribution >= 4 is 29.9 Å². The Balaban J connectivity index is 0.00000341. The molecule has 2 aromatic rings. The maximum atomic E-state index is 5.43. The van der Waals surface area contributed by atoms with Gasteiger partial charge in [0.2, 0.25) is 5.89 Å². The zero-order valence-electron chi connectivity index (χ0n) is 18.9. The van der Waals surface area contributed by atoms with Crippen LogP contribution in [-0.2, 0) is 6.42 Å². The largest absolute Gasteiger partial charge is 0.497 e. The van der Waals surface area contributed by atoms with Gasteiger partial charge in [-0.25, -0.2) is 0 Å². The van der Waals surface area contributed by atoms with Crippen molar-refractivity contribution in [3.63, 3.8) is 0 Å². The predicted molar refractivity (Wildman–Crippen MR) is 133 cm³/mol. The average molecular weight is 542 g/mol. The van der Waals surface area contributed by atoms with Crippen molar-refractivity contribution in [3.8, 4) is 5.75 Å². The number of hydrogen-bond acceptors (Lipinski definition) is 6. The first-order valence-electron chi connectivity index (χ1n) is 10.8. The van der Waals surface area contributed by atoms with E-state index in [9.17, 15) is 0 Å². The van der Waals surface area contributed by atoms with Crippen LogP contribution in [0.1, 0.15) is 55.9 Å². The van der Waals surface area contributed by atoms with Crippen LogP contribution in [0.5, 0.6) is 5.75 Å². The first kappa shape index (κ1) is 25.4. The SMILES string of the molecule is CN=C(NCCc1nc(C(C)C)no1)NCC(c1cccc(OC)c1)N1CCCC1.I. The second kappa shape index (κ2) is 12.8. The molecule has 1 saturated heterocycles. The number of ether oxygens (including phenoxy) is 1. The highest BCUT2D eigenvalue weighted by molar-refractivity contribution is 14.0. The van der Waals surface area contributed by atoms with E-state index in [-0.39, 0.29) is 35.9 Å². The van der Waals surface area contributed by atoms with Crippen LogP contribution >= 0.6 is 24.0 Å². The zero-order chi connectivity index (χ0) is 21.3. The standard InChI is InChI=1S/C22H34N6O2.HI/c1-16(2)21-26-20(30-27-21)10-11-24-22(23-3)25-15-19(28-12-5-6-13-28)17-8-7-9-18(14-17)29-4;/h7-9,14,16,19H,5-6,10-13,15H2,1-4H3,(H2,23,24,25);1H. The number of aromatic nitrogens is 2. The third-order valence-corrected chi connectivity index (χ3v) is 5.38. The average Bonchev–Trinajstić information content (AvgIpc) is 3.45. The number of rotatable bonds is 9. The van der Waals surface area contributed by atoms with Gasteiger partial charge >= 0.3 is 0 Å². The number of guanidine groups is 1. The van der Waals surface area contributed by atoms with Crippen LogP contribution in [0.2, 0.25) is 0 Å². The van der Waals surface area contributed by atoms with E-state index in [4.69, 9.17) is 9.26 Å². The fraction of sp³-hybridized carbons (Fsp3) is 0.591. The van der Waals surface area contributed by atoms with E-state index in [0.29, 0.717) is 18.9 Å². The van der Waals surface area contributed by atoms with E-state index in [2.05, 4.69) is 62.7 Å². The minimum atomic E-state index is 0. The molecule has 0 amide bonds. The molecule has 31 heavy (non-hydrogen) atoms. The third-order valence-electron chi connectivity index (χ3n) is 5.38. The molecule has 1 atom stereocenters. The van der Waals surface area contributed by atoms with Crippen molar-refractivity contribution in [3.05, 3.63) is 41.5 Å². The van der Waals surface area contributed by atoms with Crippen LogP contribution in [0, 0.1) is 0 Å². The summed E-state index contributed by atoms with van der Waals surface area (Å²) >= 11 is 0. The number of hydrogen-bond donors (Lipinski definition) is 2. The van der Waals surface area contributed by atoms with Gasteiger partial charge in [0, 0.05) is 32.5 Å². The quantitative estimate of drug-likeness (QED) is 0.286. The molecule has 0 radical (unpaired) electrons. The second-order valence-corrected chi connectivity index (χ2v) is 7.87. The summed E-state index contributed by atoms with van der Waals surface area (Å²) in [5, 5.41) is 10.8. The van der Waals surface area contributed by atoms with Gasteiger partial charge in [0.25, 0.3) is 0 Å². The lowest BCUT2D eigenvalue weighted by Gasteiger charge is -2.29. The molecule has 1 fully saturated rings. The molecule has 0 spiro atoms. The minimum absolute atomic E-state index is 0. The van der Waals surface area contributed by atoms with E-state index in [0.717, 1.165) is 37.2 Å². The molecule has 0 saturated carbocycles. The molecule has 1 aliphatic rings. The fourth-order valence-electron chi connectivity index (χ4n) is 3.67. The summed E-state index contributed by atoms with van der Waals surface area (Å²) in [5.41, 5.74) is 1.26. The number of nitrogens with zero attached hydrogens (tertiary/aromatic N) is 4. The number of methoxy groups -OCH3 is 1. The Morgan fingerprint density at radius 1 is 1.26 bits per heavy atom. The Hall–Kier alpha value is -1.88. The lowest BCUT2D eigenvalue weighted by molar-refractivity contribution is 0.245. The maximum Gasteiger partial charge on any atom is 0.228 e. The molecule has 2 N–H and O–H groups in total. The monoisotopic (exact) mass is 542 g/mol. The zero-order valence-corrected chi connectivity index (χ0v) is 21.3. The van der Waals surface area contributed by atoms with Gasteiger partial charge in [0.1, 0.15) is 5.75 Å². The van der Waals surface area contributed by atoms with Crippen LogP contribution < -0.4 is 15.4 Å². The highest BCUT2D eigenvalue weighted by Gasteiger charge is 2.24. The lowest BCUT2D eigenvalue weighted by Crippen LogP contribution is -2.43. The van der Waals surface area contributed by atoms with E-state index in [1.807, 2.05) is 6.07 Å². The molecule has 172 valence electrons. The van der Waals surface area contributed by atoms with Gasteiger partial charge in [-0.15, -0.1) is 24.0 Å². The Bertz CT molecular complexity index is 820. The number of benzene rings is 1. The van der Waals surface area contributed by atoms with Crippen molar-refractivity contribution in [2.24, 2.45) is 4.99 Å². The molecule has 0 bridgehead atoms. The summed E-state index contributed by atoms with van der Waals surface area (Å²) in [6.45, 7) is 7.78. The molecular weight excluding hydrogens is 507 g/mol. The molecule has 0 aliphatic carbocycles. The highest BCUT2D eigenvalue weighted by atomic mass is 127. The third kappa shape index (κ3) is 7.34. The van der Waals surface area contributed by atoms with Crippen LogP contribution in [0.15, 0.2) is 33.8 Å². The van der Waals surface area contributed by atoms with Gasteiger partial charge in [-0.2, -0.15) is 4.98 Å². The normalized spacial score (nSPS) is 15.6. The van der Waals surface area contributed by atoms with Gasteiger partial charge in [0.05, 0.1) is 13.2 Å². The Kier molecular flexibility index (Phi) is 10.5. The van der Waals surface area contributed by atoms with Crippen molar-refractivity contribution in [2.75, 3.05) is 40.3 Å². The molecule has 3 rings (SSSR count). The van der Waals surface area contributed by atoms with Gasteiger partial charge in [-0.3, -0.25) is 9.89 Å². The molecule has 1 aromatic carbocycles. The van der Waals surface area contributed by atoms with Gasteiger partial charge in [-0.1, -0.05) is 31.1 Å². The van der Waals surface area contributed by atoms with Crippen LogP contribution in [-0.4, -0.2) is 61.3 Å². The lowest BCUT2D eigenvalue weighted by atomic mass is 10.1. The molecule has 1 aliphatic heterocycles. The van der Waals surface area contributed by atoms with E-state index >= 15 is 0 Å². The molecule has 8 nitrogen and oxygen atoms in total. The summed E-state index contributed by atoms with van der Waals surface area (Å²) in [7, 11) is 3.50. The first-order valence-corrected chi connectivity index (χ1v) is 10.8. The Labute approximate surface area is 202 Å². The Morgan fingerprint density at radius 2 is 2.03 bits per heavy atom. The van der Waals surface area contributed by atoms with Gasteiger partial charge < -0.3 is 19.9 Å². The van der Waals surface area contributed by atoms with Crippen LogP contribution in [0.4, 0.5) is 0 Å². The van der Waals surface area contributed by atoms with Crippen molar-refractivity contribution in [1.29, 1.82) is 0 Å². The van der Waals surface area contributed by atoms with Crippen molar-refractivity contribution in [2.45, 2.75) is 45.1 Å². The van der Waals surface area contributed by atoms with E-state index < -0.39 is 0 Å². The number of halogens is 1. The minimum Gasteiger partial charge on any atom is -0.497 e. The first-order chi connectivity index (χ1) is 14.6. The van der Waals surface area contributed by atoms with Crippen molar-refractivity contribution in [1.82, 2.24) is 25.7 Å². The van der Waals surface area contributed by atoms with Crippen molar-refractivity contribution < 1.29 is 9.26 Å². The summed E-state index contributed by atoms with van der Waals surface area (Å²) < 4.78 is 10.7. The molecular formula is C22H35IN6O2. The highest BCUT2D eigenvalue weighted by Crippen LogP contribution is 2.27. The molecule has 2 heterocycles. The number of likely N-dealkylation sites (tertiary alicyclic amines) is 1. The summed E-state index contributed by atoms with van der Waals surface area (Å²) in [5.74, 6) is 3.32. The molecule has 1 unspecified atom stereocenters. The molecule has 1 aromatic heterocycles. The summed E-state index contributed by atoms with van der Waals surface area (Å²) in [6.07, 6.45) is 3.15. The van der Waals surface area contributed by atoms with Crippen LogP contribution in [0.25, 0.3) is 0 Å². The van der Waals surface area contributed by atoms with Crippen LogP contribution in [0.3, 0.4) is 0 Å². The fourth-order valence-corrected chi connectivity index (χ4v) is 3.67. The Morgan fingerprint density at radius 3 is 2.68 bits per heavy atom. The van der Waals surface area contributed by atoms with Gasteiger partial charge in [-0.05, 0) is 43.6 Å². The smallest absolute Gasteiger partial charge is 0.228 e. The van der Waals surface area contributed by atoms with E-state index in [1.54, 1.807) is 14.2 Å². The number of aliphatic imine (C=N–C) groups is 1. The topological polar surface area (TPSA) is 87.8 Å². The summed E-state index contributed by atoms with van der Waals surface area (Å²) in [4.78, 5) is 11.3.